The highest BCUT2D eigenvalue weighted by molar-refractivity contribution is 14.0. The Kier molecular flexibility index (Phi) is 10.5. The number of nitrogens with zero attached hydrogens (tertiary/aromatic N) is 2. The van der Waals surface area contributed by atoms with Gasteiger partial charge in [0.15, 0.2) is 5.96 Å². The monoisotopic (exact) mass is 439 g/mol. The second kappa shape index (κ2) is 11.5. The normalized spacial score (nSPS) is 20.6. The van der Waals surface area contributed by atoms with E-state index in [1.165, 1.54) is 45.1 Å². The van der Waals surface area contributed by atoms with Crippen LogP contribution in [0.15, 0.2) is 4.99 Å². The highest BCUT2D eigenvalue weighted by atomic mass is 127. The SMILES string of the molecule is CCNC(=NCCOCCOC)N1CCC2(CCCCC2)C1.I. The molecule has 0 radical (unpaired) electrons. The van der Waals surface area contributed by atoms with Crippen molar-refractivity contribution < 1.29 is 9.47 Å². The van der Waals surface area contributed by atoms with Crippen LogP contribution in [0.4, 0.5) is 0 Å². The highest BCUT2D eigenvalue weighted by Gasteiger charge is 2.39. The minimum Gasteiger partial charge on any atom is -0.382 e. The molecule has 1 saturated heterocycles. The number of aliphatic imine (C=N–C) groups is 1. The zero-order valence-electron chi connectivity index (χ0n) is 14.8. The van der Waals surface area contributed by atoms with Gasteiger partial charge in [0.2, 0.25) is 0 Å². The van der Waals surface area contributed by atoms with E-state index in [0.29, 0.717) is 25.2 Å². The maximum absolute atomic E-state index is 5.50. The van der Waals surface area contributed by atoms with Crippen LogP contribution in [0.2, 0.25) is 0 Å². The van der Waals surface area contributed by atoms with Gasteiger partial charge in [0.25, 0.3) is 0 Å². The van der Waals surface area contributed by atoms with E-state index in [4.69, 9.17) is 14.5 Å². The van der Waals surface area contributed by atoms with Crippen LogP contribution >= 0.6 is 24.0 Å². The molecule has 1 N–H and O–H groups in total. The third kappa shape index (κ3) is 6.74. The molecular weight excluding hydrogens is 405 g/mol. The first-order chi connectivity index (χ1) is 10.8. The number of methoxy groups -OCH3 is 1. The fraction of sp³-hybridized carbons (Fsp3) is 0.941. The molecule has 23 heavy (non-hydrogen) atoms. The van der Waals surface area contributed by atoms with E-state index >= 15 is 0 Å². The van der Waals surface area contributed by atoms with Crippen molar-refractivity contribution in [2.75, 3.05) is 53.1 Å². The molecule has 6 heteroatoms. The molecule has 0 atom stereocenters. The standard InChI is InChI=1S/C17H33N3O2.HI/c1-3-18-16(19-10-12-22-14-13-21-2)20-11-9-17(15-20)7-5-4-6-8-17;/h3-15H2,1-2H3,(H,18,19);1H. The average Bonchev–Trinajstić information content (AvgIpc) is 2.94. The Balaban J connectivity index is 0.00000264. The Bertz CT molecular complexity index is 347. The van der Waals surface area contributed by atoms with Crippen molar-refractivity contribution in [1.82, 2.24) is 10.2 Å². The molecule has 136 valence electrons. The topological polar surface area (TPSA) is 46.1 Å². The van der Waals surface area contributed by atoms with Gasteiger partial charge in [0.1, 0.15) is 0 Å². The van der Waals surface area contributed by atoms with Crippen LogP contribution in [-0.4, -0.2) is 64.0 Å². The van der Waals surface area contributed by atoms with Gasteiger partial charge in [-0.3, -0.25) is 4.99 Å². The molecule has 1 heterocycles. The third-order valence-corrected chi connectivity index (χ3v) is 4.92. The molecule has 1 aliphatic carbocycles. The number of rotatable bonds is 7. The number of hydrogen-bond donors (Lipinski definition) is 1. The first-order valence-electron chi connectivity index (χ1n) is 8.90. The summed E-state index contributed by atoms with van der Waals surface area (Å²) in [4.78, 5) is 7.20. The van der Waals surface area contributed by atoms with E-state index in [2.05, 4.69) is 17.1 Å². The second-order valence-corrected chi connectivity index (χ2v) is 6.57. The van der Waals surface area contributed by atoms with Gasteiger partial charge in [0, 0.05) is 26.7 Å². The minimum atomic E-state index is 0. The molecule has 0 aromatic heterocycles. The molecule has 0 aromatic rings. The van der Waals surface area contributed by atoms with Gasteiger partial charge >= 0.3 is 0 Å². The van der Waals surface area contributed by atoms with Crippen molar-refractivity contribution in [3.63, 3.8) is 0 Å². The van der Waals surface area contributed by atoms with Crippen LogP contribution in [0.3, 0.4) is 0 Å². The van der Waals surface area contributed by atoms with E-state index in [1.807, 2.05) is 0 Å². The van der Waals surface area contributed by atoms with E-state index in [0.717, 1.165) is 25.6 Å². The first kappa shape index (κ1) is 21.0. The fourth-order valence-electron chi connectivity index (χ4n) is 3.71. The van der Waals surface area contributed by atoms with Crippen LogP contribution in [0.25, 0.3) is 0 Å². The maximum Gasteiger partial charge on any atom is 0.194 e. The summed E-state index contributed by atoms with van der Waals surface area (Å²) >= 11 is 0. The summed E-state index contributed by atoms with van der Waals surface area (Å²) in [5.41, 5.74) is 0.573. The van der Waals surface area contributed by atoms with E-state index < -0.39 is 0 Å². The Morgan fingerprint density at radius 1 is 1.13 bits per heavy atom. The van der Waals surface area contributed by atoms with Crippen LogP contribution in [-0.2, 0) is 9.47 Å². The lowest BCUT2D eigenvalue weighted by Crippen LogP contribution is -2.41. The number of hydrogen-bond acceptors (Lipinski definition) is 3. The molecule has 2 fully saturated rings. The van der Waals surface area contributed by atoms with Crippen molar-refractivity contribution in [2.24, 2.45) is 10.4 Å². The van der Waals surface area contributed by atoms with Crippen molar-refractivity contribution in [2.45, 2.75) is 45.4 Å². The predicted octanol–water partition coefficient (Wildman–Crippen LogP) is 2.89. The lowest BCUT2D eigenvalue weighted by molar-refractivity contribution is 0.0747. The van der Waals surface area contributed by atoms with Crippen LogP contribution in [0, 0.1) is 5.41 Å². The Hall–Kier alpha value is -0.0800. The van der Waals surface area contributed by atoms with Gasteiger partial charge in [-0.1, -0.05) is 19.3 Å². The second-order valence-electron chi connectivity index (χ2n) is 6.57. The summed E-state index contributed by atoms with van der Waals surface area (Å²) in [5.74, 6) is 1.07. The summed E-state index contributed by atoms with van der Waals surface area (Å²) in [6.07, 6.45) is 8.40. The van der Waals surface area contributed by atoms with Crippen LogP contribution < -0.4 is 5.32 Å². The lowest BCUT2D eigenvalue weighted by Gasteiger charge is -2.33. The van der Waals surface area contributed by atoms with Crippen molar-refractivity contribution in [3.8, 4) is 0 Å². The molecule has 1 saturated carbocycles. The number of likely N-dealkylation sites (tertiary alicyclic amines) is 1. The van der Waals surface area contributed by atoms with E-state index in [1.54, 1.807) is 7.11 Å². The third-order valence-electron chi connectivity index (χ3n) is 4.92. The zero-order chi connectivity index (χ0) is 15.7. The summed E-state index contributed by atoms with van der Waals surface area (Å²) in [7, 11) is 1.69. The average molecular weight is 439 g/mol. The number of nitrogens with one attached hydrogen (secondary N) is 1. The number of ether oxygens (including phenoxy) is 2. The van der Waals surface area contributed by atoms with Gasteiger partial charge < -0.3 is 19.7 Å². The fourth-order valence-corrected chi connectivity index (χ4v) is 3.71. The molecule has 2 aliphatic rings. The summed E-state index contributed by atoms with van der Waals surface area (Å²) in [5, 5.41) is 3.44. The Labute approximate surface area is 158 Å². The summed E-state index contributed by atoms with van der Waals surface area (Å²) < 4.78 is 10.5. The maximum atomic E-state index is 5.50. The first-order valence-corrected chi connectivity index (χ1v) is 8.90. The Morgan fingerprint density at radius 3 is 2.61 bits per heavy atom. The summed E-state index contributed by atoms with van der Waals surface area (Å²) in [6.45, 7) is 8.07. The molecule has 0 unspecified atom stereocenters. The summed E-state index contributed by atoms with van der Waals surface area (Å²) in [6, 6.07) is 0. The van der Waals surface area contributed by atoms with Crippen molar-refractivity contribution in [3.05, 3.63) is 0 Å². The molecule has 5 nitrogen and oxygen atoms in total. The quantitative estimate of drug-likeness (QED) is 0.287. The van der Waals surface area contributed by atoms with E-state index in [9.17, 15) is 0 Å². The zero-order valence-corrected chi connectivity index (χ0v) is 17.1. The smallest absolute Gasteiger partial charge is 0.194 e. The van der Waals surface area contributed by atoms with Gasteiger partial charge in [-0.2, -0.15) is 0 Å². The van der Waals surface area contributed by atoms with Gasteiger partial charge in [-0.25, -0.2) is 0 Å². The Morgan fingerprint density at radius 2 is 1.91 bits per heavy atom. The predicted molar refractivity (Wildman–Crippen MR) is 106 cm³/mol. The molecule has 0 aromatic carbocycles. The molecular formula is C17H34IN3O2. The molecule has 0 amide bonds. The molecule has 1 aliphatic heterocycles. The van der Waals surface area contributed by atoms with Gasteiger partial charge in [0.05, 0.1) is 26.4 Å². The minimum absolute atomic E-state index is 0. The van der Waals surface area contributed by atoms with Gasteiger partial charge in [-0.05, 0) is 31.6 Å². The largest absolute Gasteiger partial charge is 0.382 e. The molecule has 1 spiro atoms. The molecule has 0 bridgehead atoms. The van der Waals surface area contributed by atoms with Crippen LogP contribution in [0.1, 0.15) is 45.4 Å². The van der Waals surface area contributed by atoms with Crippen LogP contribution in [0.5, 0.6) is 0 Å². The molecule has 2 rings (SSSR count). The van der Waals surface area contributed by atoms with E-state index in [-0.39, 0.29) is 24.0 Å². The van der Waals surface area contributed by atoms with Crippen molar-refractivity contribution >= 4 is 29.9 Å². The lowest BCUT2D eigenvalue weighted by atomic mass is 9.73. The highest BCUT2D eigenvalue weighted by Crippen LogP contribution is 2.43. The number of halogens is 1. The van der Waals surface area contributed by atoms with Crippen molar-refractivity contribution in [1.29, 1.82) is 0 Å². The van der Waals surface area contributed by atoms with Gasteiger partial charge in [-0.15, -0.1) is 24.0 Å². The number of guanidine groups is 1.